The number of benzene rings is 1. The molecule has 0 aliphatic carbocycles. The van der Waals surface area contributed by atoms with E-state index in [1.54, 1.807) is 42.4 Å². The molecule has 0 amide bonds. The van der Waals surface area contributed by atoms with Gasteiger partial charge < -0.3 is 10.0 Å². The lowest BCUT2D eigenvalue weighted by molar-refractivity contribution is -0.103. The van der Waals surface area contributed by atoms with Crippen LogP contribution in [0, 0.1) is 0 Å². The Kier molecular flexibility index (Phi) is 6.67. The molecule has 1 saturated heterocycles. The van der Waals surface area contributed by atoms with Gasteiger partial charge in [-0.2, -0.15) is 0 Å². The largest absolute Gasteiger partial charge is 0.494 e. The van der Waals surface area contributed by atoms with Gasteiger partial charge in [-0.25, -0.2) is 4.98 Å². The molecular weight excluding hydrogens is 435 g/mol. The lowest BCUT2D eigenvalue weighted by Gasteiger charge is -2.26. The molecule has 1 fully saturated rings. The number of pyridine rings is 1. The van der Waals surface area contributed by atoms with Gasteiger partial charge in [0.2, 0.25) is 11.8 Å². The predicted molar refractivity (Wildman–Crippen MR) is 117 cm³/mol. The Morgan fingerprint density at radius 2 is 1.97 bits per heavy atom. The average molecular weight is 454 g/mol. The molecule has 9 heteroatoms. The number of nitrogens with zero attached hydrogens (tertiary/aromatic N) is 4. The number of aliphatic hydroxyl groups excluding tert-OH is 1. The third-order valence-corrected chi connectivity index (χ3v) is 5.34. The van der Waals surface area contributed by atoms with Gasteiger partial charge in [0.15, 0.2) is 6.29 Å². The maximum absolute atomic E-state index is 11.9. The van der Waals surface area contributed by atoms with Crippen molar-refractivity contribution in [1.82, 2.24) is 14.8 Å². The van der Waals surface area contributed by atoms with Crippen LogP contribution in [0.4, 0.5) is 0 Å². The third-order valence-electron chi connectivity index (χ3n) is 4.68. The van der Waals surface area contributed by atoms with Gasteiger partial charge in [0.25, 0.3) is 0 Å². The van der Waals surface area contributed by atoms with Crippen LogP contribution in [0.25, 0.3) is 5.57 Å². The highest BCUT2D eigenvalue weighted by Crippen LogP contribution is 2.35. The van der Waals surface area contributed by atoms with Crippen LogP contribution < -0.4 is 0 Å². The molecule has 152 valence electrons. The number of carbonyl (C=O) groups excluding carboxylic acids is 1. The number of rotatable bonds is 5. The molecule has 1 atom stereocenters. The van der Waals surface area contributed by atoms with E-state index in [2.05, 4.69) is 9.98 Å². The SMILES string of the molecule is CCN1CC(c2ccc(Cl)nc2)N(/C(O)=C(\C=O)c2cc(Cl)cc(Cl)c2)/C1=N/C. The van der Waals surface area contributed by atoms with E-state index in [-0.39, 0.29) is 17.5 Å². The number of hydrogen-bond acceptors (Lipinski definition) is 4. The Bertz CT molecular complexity index is 956. The second kappa shape index (κ2) is 9.03. The standard InChI is InChI=1S/C20H19Cl3N4O2/c1-3-26-10-17(12-4-5-18(23)25-9-12)27(20(26)24-2)19(29)16(11-28)13-6-14(21)8-15(22)7-13/h4-9,11,17,29H,3,10H2,1-2H3/b19-16-,24-20+. The van der Waals surface area contributed by atoms with E-state index >= 15 is 0 Å². The Hall–Kier alpha value is -2.28. The minimum absolute atomic E-state index is 0.0559. The Morgan fingerprint density at radius 3 is 2.48 bits per heavy atom. The van der Waals surface area contributed by atoms with Crippen molar-refractivity contribution in [2.24, 2.45) is 4.99 Å². The van der Waals surface area contributed by atoms with E-state index in [4.69, 9.17) is 34.8 Å². The maximum atomic E-state index is 11.9. The van der Waals surface area contributed by atoms with E-state index in [0.29, 0.717) is 46.1 Å². The van der Waals surface area contributed by atoms with Crippen LogP contribution in [0.3, 0.4) is 0 Å². The van der Waals surface area contributed by atoms with E-state index in [9.17, 15) is 9.90 Å². The number of carbonyl (C=O) groups is 1. The zero-order valence-corrected chi connectivity index (χ0v) is 18.1. The van der Waals surface area contributed by atoms with Crippen molar-refractivity contribution in [2.75, 3.05) is 20.1 Å². The fourth-order valence-electron chi connectivity index (χ4n) is 3.35. The normalized spacial score (nSPS) is 18.9. The summed E-state index contributed by atoms with van der Waals surface area (Å²) in [7, 11) is 1.64. The first-order chi connectivity index (χ1) is 13.9. The highest BCUT2D eigenvalue weighted by Gasteiger charge is 2.39. The number of aliphatic imine (C=N–C) groups is 1. The van der Waals surface area contributed by atoms with Gasteiger partial charge in [-0.3, -0.25) is 14.7 Å². The summed E-state index contributed by atoms with van der Waals surface area (Å²) in [6, 6.07) is 7.91. The number of likely N-dealkylation sites (N-methyl/N-ethyl adjacent to an activating group) is 1. The predicted octanol–water partition coefficient (Wildman–Crippen LogP) is 4.83. The van der Waals surface area contributed by atoms with Gasteiger partial charge in [-0.15, -0.1) is 0 Å². The fraction of sp³-hybridized carbons (Fsp3) is 0.250. The average Bonchev–Trinajstić information content (AvgIpc) is 3.07. The number of halogens is 3. The summed E-state index contributed by atoms with van der Waals surface area (Å²) >= 11 is 18.1. The monoisotopic (exact) mass is 452 g/mol. The van der Waals surface area contributed by atoms with Crippen molar-refractivity contribution in [3.05, 3.63) is 68.7 Å². The molecular formula is C20H19Cl3N4O2. The molecule has 1 aliphatic heterocycles. The molecule has 0 spiro atoms. The first-order valence-corrected chi connectivity index (χ1v) is 10.00. The maximum Gasteiger partial charge on any atom is 0.205 e. The second-order valence-electron chi connectivity index (χ2n) is 6.38. The molecule has 2 heterocycles. The summed E-state index contributed by atoms with van der Waals surface area (Å²) in [5.41, 5.74) is 1.29. The lowest BCUT2D eigenvalue weighted by atomic mass is 10.1. The number of allylic oxidation sites excluding steroid dienone is 1. The number of aldehydes is 1. The zero-order valence-electron chi connectivity index (χ0n) is 15.8. The zero-order chi connectivity index (χ0) is 21.1. The first-order valence-electron chi connectivity index (χ1n) is 8.86. The minimum atomic E-state index is -0.317. The minimum Gasteiger partial charge on any atom is -0.494 e. The molecule has 0 saturated carbocycles. The van der Waals surface area contributed by atoms with Crippen LogP contribution in [-0.4, -0.2) is 52.3 Å². The van der Waals surface area contributed by atoms with Gasteiger partial charge in [0.1, 0.15) is 5.15 Å². The Balaban J connectivity index is 2.16. The molecule has 29 heavy (non-hydrogen) atoms. The molecule has 3 rings (SSSR count). The smallest absolute Gasteiger partial charge is 0.205 e. The topological polar surface area (TPSA) is 69.0 Å². The summed E-state index contributed by atoms with van der Waals surface area (Å²) in [5, 5.41) is 12.3. The van der Waals surface area contributed by atoms with Crippen LogP contribution >= 0.6 is 34.8 Å². The van der Waals surface area contributed by atoms with Gasteiger partial charge in [-0.05, 0) is 42.3 Å². The molecule has 0 bridgehead atoms. The van der Waals surface area contributed by atoms with Gasteiger partial charge in [0, 0.05) is 36.4 Å². The van der Waals surface area contributed by atoms with Crippen LogP contribution in [0.15, 0.2) is 47.4 Å². The van der Waals surface area contributed by atoms with E-state index in [1.807, 2.05) is 17.9 Å². The van der Waals surface area contributed by atoms with Crippen molar-refractivity contribution in [3.8, 4) is 0 Å². The van der Waals surface area contributed by atoms with Crippen molar-refractivity contribution in [2.45, 2.75) is 13.0 Å². The quantitative estimate of drug-likeness (QED) is 0.304. The fourth-order valence-corrected chi connectivity index (χ4v) is 3.99. The lowest BCUT2D eigenvalue weighted by Crippen LogP contribution is -2.34. The molecule has 1 aliphatic rings. The number of guanidine groups is 1. The van der Waals surface area contributed by atoms with E-state index in [1.165, 1.54) is 0 Å². The van der Waals surface area contributed by atoms with Gasteiger partial charge in [-0.1, -0.05) is 40.9 Å². The number of hydrogen-bond donors (Lipinski definition) is 1. The molecule has 1 aromatic heterocycles. The third kappa shape index (κ3) is 4.34. The van der Waals surface area contributed by atoms with Gasteiger partial charge in [0.05, 0.1) is 11.6 Å². The van der Waals surface area contributed by atoms with Crippen LogP contribution in [0.5, 0.6) is 0 Å². The summed E-state index contributed by atoms with van der Waals surface area (Å²) in [4.78, 5) is 24.1. The van der Waals surface area contributed by atoms with Crippen molar-refractivity contribution < 1.29 is 9.90 Å². The highest BCUT2D eigenvalue weighted by molar-refractivity contribution is 6.35. The molecule has 1 unspecified atom stereocenters. The molecule has 6 nitrogen and oxygen atoms in total. The molecule has 0 radical (unpaired) electrons. The molecule has 1 N–H and O–H groups in total. The summed E-state index contributed by atoms with van der Waals surface area (Å²) in [6.07, 6.45) is 2.23. The van der Waals surface area contributed by atoms with Crippen LogP contribution in [-0.2, 0) is 4.79 Å². The van der Waals surface area contributed by atoms with E-state index in [0.717, 1.165) is 5.56 Å². The number of aromatic nitrogens is 1. The first kappa shape index (κ1) is 21.4. The molecule has 1 aromatic carbocycles. The highest BCUT2D eigenvalue weighted by atomic mass is 35.5. The number of aliphatic hydroxyl groups is 1. The van der Waals surface area contributed by atoms with Crippen molar-refractivity contribution in [3.63, 3.8) is 0 Å². The second-order valence-corrected chi connectivity index (χ2v) is 7.64. The van der Waals surface area contributed by atoms with E-state index < -0.39 is 0 Å². The summed E-state index contributed by atoms with van der Waals surface area (Å²) in [5.74, 6) is 0.298. The Morgan fingerprint density at radius 1 is 1.28 bits per heavy atom. The molecule has 2 aromatic rings. The Labute approximate surface area is 184 Å². The van der Waals surface area contributed by atoms with Crippen LogP contribution in [0.2, 0.25) is 15.2 Å². The van der Waals surface area contributed by atoms with Crippen molar-refractivity contribution in [1.29, 1.82) is 0 Å². The summed E-state index contributed by atoms with van der Waals surface area (Å²) < 4.78 is 0. The van der Waals surface area contributed by atoms with Crippen LogP contribution in [0.1, 0.15) is 24.1 Å². The van der Waals surface area contributed by atoms with Crippen molar-refractivity contribution >= 4 is 52.6 Å². The van der Waals surface area contributed by atoms with Gasteiger partial charge >= 0.3 is 0 Å². The summed E-state index contributed by atoms with van der Waals surface area (Å²) in [6.45, 7) is 3.22.